The molecule has 3 nitrogen and oxygen atoms in total. The third-order valence-electron chi connectivity index (χ3n) is 2.61. The molecule has 0 aliphatic heterocycles. The second-order valence-electron chi connectivity index (χ2n) is 5.46. The fourth-order valence-corrected chi connectivity index (χ4v) is 1.66. The van der Waals surface area contributed by atoms with Crippen molar-refractivity contribution in [3.63, 3.8) is 0 Å². The average molecular weight is 388 g/mol. The summed E-state index contributed by atoms with van der Waals surface area (Å²) in [7, 11) is 0. The van der Waals surface area contributed by atoms with Crippen molar-refractivity contribution >= 4 is 32.6 Å². The van der Waals surface area contributed by atoms with Crippen molar-refractivity contribution < 1.29 is 15.3 Å². The number of hydrogen-bond acceptors (Lipinski definition) is 3. The molecule has 0 aromatic carbocycles. The summed E-state index contributed by atoms with van der Waals surface area (Å²) in [6, 6.07) is 0. The summed E-state index contributed by atoms with van der Waals surface area (Å²) < 4.78 is 0. The van der Waals surface area contributed by atoms with Crippen LogP contribution in [0.1, 0.15) is 98.8 Å². The van der Waals surface area contributed by atoms with Crippen molar-refractivity contribution in [2.45, 2.75) is 109 Å². The van der Waals surface area contributed by atoms with Crippen molar-refractivity contribution in [1.82, 2.24) is 0 Å². The molecule has 0 amide bonds. The van der Waals surface area contributed by atoms with E-state index in [-0.39, 0.29) is 19.8 Å². The van der Waals surface area contributed by atoms with Crippen molar-refractivity contribution in [1.29, 1.82) is 0 Å². The SMILES string of the molecule is CCCC[O-].CCCC[O-].CCCC[O-].CCC[CH2][Al+2].CCC[CH2][Al+2]. The molecular weight excluding hydrogens is 342 g/mol. The molecule has 0 atom stereocenters. The predicted molar refractivity (Wildman–Crippen MR) is 110 cm³/mol. The first-order valence-corrected chi connectivity index (χ1v) is 11.9. The van der Waals surface area contributed by atoms with E-state index in [0.717, 1.165) is 38.5 Å². The first-order chi connectivity index (χ1) is 12.1. The molecule has 0 radical (unpaired) electrons. The van der Waals surface area contributed by atoms with Crippen LogP contribution >= 0.6 is 0 Å². The second kappa shape index (κ2) is 56.3. The van der Waals surface area contributed by atoms with Gasteiger partial charge in [0.05, 0.1) is 0 Å². The topological polar surface area (TPSA) is 69.2 Å². The van der Waals surface area contributed by atoms with Gasteiger partial charge in [0.15, 0.2) is 0 Å². The van der Waals surface area contributed by atoms with E-state index in [1.807, 2.05) is 20.8 Å². The van der Waals surface area contributed by atoms with Crippen LogP contribution in [-0.4, -0.2) is 52.4 Å². The Labute approximate surface area is 176 Å². The molecule has 0 heterocycles. The van der Waals surface area contributed by atoms with Gasteiger partial charge in [-0.2, -0.15) is 0 Å². The molecule has 0 fully saturated rings. The summed E-state index contributed by atoms with van der Waals surface area (Å²) >= 11 is 5.40. The molecule has 0 bridgehead atoms. The van der Waals surface area contributed by atoms with E-state index >= 15 is 0 Å². The Bertz CT molecular complexity index is 95.3. The van der Waals surface area contributed by atoms with E-state index < -0.39 is 0 Å². The second-order valence-corrected chi connectivity index (χ2v) is 6.61. The van der Waals surface area contributed by atoms with Crippen LogP contribution in [0.4, 0.5) is 0 Å². The summed E-state index contributed by atoms with van der Waals surface area (Å²) in [6.45, 7) is 10.7. The van der Waals surface area contributed by atoms with Crippen LogP contribution in [0.25, 0.3) is 0 Å². The molecule has 0 saturated carbocycles. The van der Waals surface area contributed by atoms with Crippen LogP contribution in [0, 0.1) is 0 Å². The van der Waals surface area contributed by atoms with Crippen LogP contribution in [0.3, 0.4) is 0 Å². The Hall–Kier alpha value is 0.945. The molecule has 0 rings (SSSR count). The van der Waals surface area contributed by atoms with Gasteiger partial charge >= 0.3 is 82.7 Å². The number of hydrogen-bond donors (Lipinski definition) is 0. The van der Waals surface area contributed by atoms with Gasteiger partial charge in [-0.15, -0.1) is 19.8 Å². The Morgan fingerprint density at radius 3 is 0.640 bits per heavy atom. The first-order valence-electron chi connectivity index (χ1n) is 10.2. The molecule has 148 valence electrons. The van der Waals surface area contributed by atoms with E-state index in [0.29, 0.717) is 0 Å². The molecule has 25 heavy (non-hydrogen) atoms. The van der Waals surface area contributed by atoms with Crippen molar-refractivity contribution in [3.8, 4) is 0 Å². The molecule has 0 spiro atoms. The Balaban J connectivity index is -0.0000000667. The van der Waals surface area contributed by atoms with E-state index in [1.54, 1.807) is 0 Å². The number of rotatable bonds is 10. The zero-order valence-corrected chi connectivity index (χ0v) is 20.3. The Kier molecular flexibility index (Phi) is 82.8. The fourth-order valence-electron chi connectivity index (χ4n) is 0.841. The molecule has 0 unspecified atom stereocenters. The van der Waals surface area contributed by atoms with Crippen molar-refractivity contribution in [3.05, 3.63) is 0 Å². The average Bonchev–Trinajstić information content (AvgIpc) is 2.61. The van der Waals surface area contributed by atoms with Crippen LogP contribution in [0.15, 0.2) is 0 Å². The van der Waals surface area contributed by atoms with Gasteiger partial charge in [0.2, 0.25) is 0 Å². The van der Waals surface area contributed by atoms with E-state index in [9.17, 15) is 15.3 Å². The molecule has 5 heteroatoms. The normalized spacial score (nSPS) is 8.48. The number of unbranched alkanes of at least 4 members (excludes halogenated alkanes) is 5. The van der Waals surface area contributed by atoms with E-state index in [2.05, 4.69) is 46.4 Å². The molecule has 0 aliphatic rings. The van der Waals surface area contributed by atoms with Crippen LogP contribution < -0.4 is 15.3 Å². The monoisotopic (exact) mass is 387 g/mol. The van der Waals surface area contributed by atoms with Gasteiger partial charge in [0.1, 0.15) is 0 Å². The Morgan fingerprint density at radius 2 is 0.640 bits per heavy atom. The predicted octanol–water partition coefficient (Wildman–Crippen LogP) is 3.19. The zero-order valence-electron chi connectivity index (χ0n) is 18.0. The Morgan fingerprint density at radius 1 is 0.440 bits per heavy atom. The molecule has 0 aromatic heterocycles. The fraction of sp³-hybridized carbons (Fsp3) is 1.00. The van der Waals surface area contributed by atoms with Gasteiger partial charge in [0.25, 0.3) is 0 Å². The minimum atomic E-state index is 0.0938. The van der Waals surface area contributed by atoms with Gasteiger partial charge < -0.3 is 15.3 Å². The van der Waals surface area contributed by atoms with Gasteiger partial charge in [0, 0.05) is 0 Å². The maximum absolute atomic E-state index is 9.53. The van der Waals surface area contributed by atoms with Gasteiger partial charge in [-0.3, -0.25) is 0 Å². The molecule has 0 saturated heterocycles. The van der Waals surface area contributed by atoms with Crippen molar-refractivity contribution in [2.75, 3.05) is 19.8 Å². The summed E-state index contributed by atoms with van der Waals surface area (Å²) in [6.07, 6.45) is 10.9. The summed E-state index contributed by atoms with van der Waals surface area (Å²) in [4.78, 5) is 0. The standard InChI is InChI=1S/3C4H9O.2C4H9.2Al/c3*1-2-3-4-5;2*1-3-4-2;;/h3*2-4H2,1H3;2*1,3-4H2,2H3;;/q3*-1;;;2*+2. The van der Waals surface area contributed by atoms with E-state index in [1.165, 1.54) is 36.2 Å². The van der Waals surface area contributed by atoms with Gasteiger partial charge in [-0.25, -0.2) is 0 Å². The van der Waals surface area contributed by atoms with Gasteiger partial charge in [-0.05, 0) is 0 Å². The molecule has 0 aromatic rings. The summed E-state index contributed by atoms with van der Waals surface area (Å²) in [5, 5.41) is 31.1. The summed E-state index contributed by atoms with van der Waals surface area (Å²) in [5.74, 6) is 0. The molecule has 0 N–H and O–H groups in total. The van der Waals surface area contributed by atoms with Crippen LogP contribution in [0.5, 0.6) is 0 Å². The van der Waals surface area contributed by atoms with Crippen molar-refractivity contribution in [2.24, 2.45) is 0 Å². The molecular formula is C20H45Al2O3+. The zero-order chi connectivity index (χ0) is 20.6. The quantitative estimate of drug-likeness (QED) is 0.541. The summed E-state index contributed by atoms with van der Waals surface area (Å²) in [5.41, 5.74) is 0. The maximum atomic E-state index is 9.53. The molecule has 0 aliphatic carbocycles. The third kappa shape index (κ3) is 110. The van der Waals surface area contributed by atoms with E-state index in [4.69, 9.17) is 0 Å². The first kappa shape index (κ1) is 36.8. The van der Waals surface area contributed by atoms with Crippen LogP contribution in [0.2, 0.25) is 10.6 Å². The van der Waals surface area contributed by atoms with Gasteiger partial charge in [-0.1, -0.05) is 59.3 Å². The van der Waals surface area contributed by atoms with Crippen LogP contribution in [-0.2, 0) is 0 Å². The third-order valence-corrected chi connectivity index (χ3v) is 3.43. The minimum absolute atomic E-state index is 0.0938.